The minimum atomic E-state index is -0.157. The Morgan fingerprint density at radius 1 is 1.48 bits per heavy atom. The Kier molecular flexibility index (Phi) is 6.00. The van der Waals surface area contributed by atoms with Crippen LogP contribution in [0.25, 0.3) is 0 Å². The summed E-state index contributed by atoms with van der Waals surface area (Å²) in [7, 11) is 1.95. The number of benzene rings is 1. The van der Waals surface area contributed by atoms with E-state index in [1.807, 2.05) is 24.1 Å². The molecule has 1 aromatic carbocycles. The van der Waals surface area contributed by atoms with Gasteiger partial charge in [0, 0.05) is 26.2 Å². The lowest BCUT2D eigenvalue weighted by atomic mass is 10.0. The first-order valence-corrected chi connectivity index (χ1v) is 7.93. The maximum Gasteiger partial charge on any atom is 0.146 e. The summed E-state index contributed by atoms with van der Waals surface area (Å²) in [6.07, 6.45) is 3.91. The summed E-state index contributed by atoms with van der Waals surface area (Å²) in [6, 6.07) is 5.59. The molecule has 1 aromatic rings. The first kappa shape index (κ1) is 16.2. The van der Waals surface area contributed by atoms with E-state index >= 15 is 0 Å². The van der Waals surface area contributed by atoms with E-state index in [1.54, 1.807) is 6.07 Å². The van der Waals surface area contributed by atoms with Crippen molar-refractivity contribution in [2.24, 2.45) is 11.7 Å². The van der Waals surface area contributed by atoms with Crippen LogP contribution in [0.1, 0.15) is 31.7 Å². The van der Waals surface area contributed by atoms with E-state index in [9.17, 15) is 4.39 Å². The van der Waals surface area contributed by atoms with Gasteiger partial charge in [0.25, 0.3) is 0 Å². The second-order valence-corrected chi connectivity index (χ2v) is 6.12. The number of rotatable bonds is 6. The fourth-order valence-corrected chi connectivity index (χ4v) is 2.87. The zero-order chi connectivity index (χ0) is 15.2. The van der Waals surface area contributed by atoms with Gasteiger partial charge in [0.05, 0.1) is 12.3 Å². The molecule has 4 heteroatoms. The topological polar surface area (TPSA) is 38.5 Å². The number of halogens is 1. The lowest BCUT2D eigenvalue weighted by Gasteiger charge is -2.28. The minimum Gasteiger partial charge on any atom is -0.381 e. The van der Waals surface area contributed by atoms with Gasteiger partial charge in [-0.3, -0.25) is 0 Å². The average Bonchev–Trinajstić information content (AvgIpc) is 2.48. The van der Waals surface area contributed by atoms with Gasteiger partial charge in [-0.15, -0.1) is 0 Å². The van der Waals surface area contributed by atoms with Crippen LogP contribution < -0.4 is 10.6 Å². The molecule has 1 fully saturated rings. The molecule has 1 aliphatic rings. The lowest BCUT2D eigenvalue weighted by Crippen LogP contribution is -2.31. The molecule has 2 rings (SSSR count). The molecule has 0 spiro atoms. The summed E-state index contributed by atoms with van der Waals surface area (Å²) in [5.74, 6) is 0.339. The molecule has 0 saturated carbocycles. The maximum absolute atomic E-state index is 14.3. The zero-order valence-corrected chi connectivity index (χ0v) is 13.1. The average molecular weight is 294 g/mol. The second-order valence-electron chi connectivity index (χ2n) is 6.12. The normalized spacial score (nSPS) is 20.3. The summed E-state index contributed by atoms with van der Waals surface area (Å²) in [4.78, 5) is 2.00. The molecular formula is C17H27FN2O. The highest BCUT2D eigenvalue weighted by Gasteiger charge is 2.18. The summed E-state index contributed by atoms with van der Waals surface area (Å²) in [5, 5.41) is 0. The first-order valence-electron chi connectivity index (χ1n) is 7.93. The van der Waals surface area contributed by atoms with Crippen molar-refractivity contribution in [2.45, 2.75) is 38.6 Å². The van der Waals surface area contributed by atoms with E-state index in [4.69, 9.17) is 10.5 Å². The summed E-state index contributed by atoms with van der Waals surface area (Å²) >= 11 is 0. The molecule has 21 heavy (non-hydrogen) atoms. The minimum absolute atomic E-state index is 0.104. The number of hydrogen-bond donors (Lipinski definition) is 1. The molecule has 0 aliphatic carbocycles. The molecule has 1 saturated heterocycles. The van der Waals surface area contributed by atoms with Crippen LogP contribution in [-0.2, 0) is 11.2 Å². The van der Waals surface area contributed by atoms with Gasteiger partial charge in [-0.25, -0.2) is 4.39 Å². The Balaban J connectivity index is 1.98. The largest absolute Gasteiger partial charge is 0.381 e. The molecular weight excluding hydrogens is 267 g/mol. The maximum atomic E-state index is 14.3. The Morgan fingerprint density at radius 2 is 2.29 bits per heavy atom. The van der Waals surface area contributed by atoms with Crippen molar-refractivity contribution in [1.29, 1.82) is 0 Å². The van der Waals surface area contributed by atoms with Gasteiger partial charge in [-0.1, -0.05) is 13.0 Å². The number of hydrogen-bond acceptors (Lipinski definition) is 3. The van der Waals surface area contributed by atoms with Gasteiger partial charge < -0.3 is 15.4 Å². The van der Waals surface area contributed by atoms with Crippen molar-refractivity contribution in [2.75, 3.05) is 31.7 Å². The summed E-state index contributed by atoms with van der Waals surface area (Å²) in [6.45, 7) is 4.54. The van der Waals surface area contributed by atoms with Crippen LogP contribution in [0.4, 0.5) is 10.1 Å². The van der Waals surface area contributed by atoms with Crippen LogP contribution in [0.15, 0.2) is 18.2 Å². The van der Waals surface area contributed by atoms with E-state index in [0.29, 0.717) is 11.6 Å². The molecule has 2 unspecified atom stereocenters. The predicted octanol–water partition coefficient (Wildman–Crippen LogP) is 2.97. The molecule has 118 valence electrons. The van der Waals surface area contributed by atoms with Gasteiger partial charge in [0.2, 0.25) is 0 Å². The SMILES string of the molecule is CCC(N)Cc1ccc(N(C)CC2CCCOC2)c(F)c1. The van der Waals surface area contributed by atoms with Crippen LogP contribution in [0.2, 0.25) is 0 Å². The number of nitrogens with zero attached hydrogens (tertiary/aromatic N) is 1. The molecule has 2 N–H and O–H groups in total. The van der Waals surface area contributed by atoms with Crippen molar-refractivity contribution < 1.29 is 9.13 Å². The van der Waals surface area contributed by atoms with Crippen molar-refractivity contribution >= 4 is 5.69 Å². The van der Waals surface area contributed by atoms with Crippen molar-refractivity contribution in [3.05, 3.63) is 29.6 Å². The van der Waals surface area contributed by atoms with E-state index in [-0.39, 0.29) is 11.9 Å². The fraction of sp³-hybridized carbons (Fsp3) is 0.647. The third-order valence-corrected chi connectivity index (χ3v) is 4.23. The molecule has 1 heterocycles. The van der Waals surface area contributed by atoms with E-state index in [1.165, 1.54) is 0 Å². The Labute approximate surface area is 127 Å². The van der Waals surface area contributed by atoms with Crippen molar-refractivity contribution in [3.63, 3.8) is 0 Å². The molecule has 0 bridgehead atoms. The fourth-order valence-electron chi connectivity index (χ4n) is 2.87. The van der Waals surface area contributed by atoms with Crippen molar-refractivity contribution in [3.8, 4) is 0 Å². The lowest BCUT2D eigenvalue weighted by molar-refractivity contribution is 0.0576. The molecule has 0 amide bonds. The van der Waals surface area contributed by atoms with E-state index in [0.717, 1.165) is 51.0 Å². The highest BCUT2D eigenvalue weighted by atomic mass is 19.1. The number of nitrogens with two attached hydrogens (primary N) is 1. The smallest absolute Gasteiger partial charge is 0.146 e. The van der Waals surface area contributed by atoms with Gasteiger partial charge in [0.15, 0.2) is 0 Å². The third kappa shape index (κ3) is 4.68. The van der Waals surface area contributed by atoms with Gasteiger partial charge in [-0.2, -0.15) is 0 Å². The van der Waals surface area contributed by atoms with Crippen molar-refractivity contribution in [1.82, 2.24) is 0 Å². The van der Waals surface area contributed by atoms with Crippen LogP contribution >= 0.6 is 0 Å². The van der Waals surface area contributed by atoms with Crippen LogP contribution in [-0.4, -0.2) is 32.8 Å². The van der Waals surface area contributed by atoms with E-state index < -0.39 is 0 Å². The predicted molar refractivity (Wildman–Crippen MR) is 85.2 cm³/mol. The highest BCUT2D eigenvalue weighted by Crippen LogP contribution is 2.23. The Hall–Kier alpha value is -1.13. The summed E-state index contributed by atoms with van der Waals surface area (Å²) in [5.41, 5.74) is 7.56. The van der Waals surface area contributed by atoms with Gasteiger partial charge in [0.1, 0.15) is 5.82 Å². The molecule has 2 atom stereocenters. The molecule has 3 nitrogen and oxygen atoms in total. The molecule has 1 aliphatic heterocycles. The quantitative estimate of drug-likeness (QED) is 0.876. The molecule has 0 radical (unpaired) electrons. The molecule has 0 aromatic heterocycles. The second kappa shape index (κ2) is 7.76. The van der Waals surface area contributed by atoms with Crippen LogP contribution in [0, 0.1) is 11.7 Å². The van der Waals surface area contributed by atoms with Gasteiger partial charge >= 0.3 is 0 Å². The standard InChI is InChI=1S/C17H27FN2O/c1-3-15(19)9-13-6-7-17(16(18)10-13)20(2)11-14-5-4-8-21-12-14/h6-7,10,14-15H,3-5,8-9,11-12,19H2,1-2H3. The number of ether oxygens (including phenoxy) is 1. The third-order valence-electron chi connectivity index (χ3n) is 4.23. The summed E-state index contributed by atoms with van der Waals surface area (Å²) < 4.78 is 19.8. The highest BCUT2D eigenvalue weighted by molar-refractivity contribution is 5.48. The van der Waals surface area contributed by atoms with Crippen LogP contribution in [0.5, 0.6) is 0 Å². The monoisotopic (exact) mass is 294 g/mol. The van der Waals surface area contributed by atoms with E-state index in [2.05, 4.69) is 6.92 Å². The number of anilines is 1. The zero-order valence-electron chi connectivity index (χ0n) is 13.1. The Morgan fingerprint density at radius 3 is 2.90 bits per heavy atom. The van der Waals surface area contributed by atoms with Crippen LogP contribution in [0.3, 0.4) is 0 Å². The van der Waals surface area contributed by atoms with Gasteiger partial charge in [-0.05, 0) is 49.3 Å². The Bertz CT molecular complexity index is 446. The first-order chi connectivity index (χ1) is 10.1.